The maximum atomic E-state index is 13.9. The molecule has 0 saturated heterocycles. The fourth-order valence-corrected chi connectivity index (χ4v) is 3.45. The maximum Gasteiger partial charge on any atom is 0.409 e. The Bertz CT molecular complexity index is 1180. The van der Waals surface area contributed by atoms with Crippen molar-refractivity contribution in [3.05, 3.63) is 65.5 Å². The van der Waals surface area contributed by atoms with E-state index in [9.17, 15) is 22.4 Å². The van der Waals surface area contributed by atoms with Gasteiger partial charge in [-0.2, -0.15) is 13.2 Å². The van der Waals surface area contributed by atoms with E-state index in [0.29, 0.717) is 40.5 Å². The van der Waals surface area contributed by atoms with Crippen molar-refractivity contribution in [2.75, 3.05) is 17.2 Å². The van der Waals surface area contributed by atoms with Crippen LogP contribution in [0.1, 0.15) is 22.7 Å². The molecule has 2 aromatic heterocycles. The molecule has 0 radical (unpaired) electrons. The van der Waals surface area contributed by atoms with Crippen molar-refractivity contribution >= 4 is 28.3 Å². The highest BCUT2D eigenvalue weighted by Gasteiger charge is 2.29. The summed E-state index contributed by atoms with van der Waals surface area (Å²) in [4.78, 5) is 24.3. The number of nitrogens with zero attached hydrogens (tertiary/aromatic N) is 3. The Kier molecular flexibility index (Phi) is 4.84. The molecule has 0 aliphatic carbocycles. The first-order chi connectivity index (χ1) is 14.2. The second kappa shape index (κ2) is 7.36. The van der Waals surface area contributed by atoms with Crippen LogP contribution >= 0.6 is 0 Å². The maximum absolute atomic E-state index is 13.9. The van der Waals surface area contributed by atoms with Crippen LogP contribution in [0.2, 0.25) is 0 Å². The average molecular weight is 417 g/mol. The zero-order valence-corrected chi connectivity index (χ0v) is 15.6. The van der Waals surface area contributed by atoms with Crippen molar-refractivity contribution in [1.29, 1.82) is 0 Å². The van der Waals surface area contributed by atoms with Crippen LogP contribution in [0, 0.1) is 12.7 Å². The van der Waals surface area contributed by atoms with Crippen LogP contribution in [0.4, 0.5) is 29.1 Å². The summed E-state index contributed by atoms with van der Waals surface area (Å²) < 4.78 is 50.6. The second-order valence-electron chi connectivity index (χ2n) is 6.78. The van der Waals surface area contributed by atoms with Crippen LogP contribution in [-0.2, 0) is 4.79 Å². The highest BCUT2D eigenvalue weighted by Crippen LogP contribution is 2.40. The third-order valence-electron chi connectivity index (χ3n) is 4.85. The molecule has 4 rings (SSSR count). The van der Waals surface area contributed by atoms with E-state index in [1.165, 1.54) is 24.7 Å². The van der Waals surface area contributed by atoms with E-state index in [2.05, 4.69) is 25.6 Å². The number of nitrogens with one attached hydrogen (secondary N) is 2. The monoisotopic (exact) mass is 417 g/mol. The molecule has 3 aromatic rings. The lowest BCUT2D eigenvalue weighted by Crippen LogP contribution is -2.12. The van der Waals surface area contributed by atoms with Gasteiger partial charge in [0.05, 0.1) is 17.4 Å². The van der Waals surface area contributed by atoms with Gasteiger partial charge in [-0.25, -0.2) is 19.3 Å². The van der Waals surface area contributed by atoms with Gasteiger partial charge in [-0.1, -0.05) is 6.07 Å². The lowest BCUT2D eigenvalue weighted by molar-refractivity contribution is -0.112. The van der Waals surface area contributed by atoms with Gasteiger partial charge in [0, 0.05) is 41.3 Å². The zero-order chi connectivity index (χ0) is 21.5. The van der Waals surface area contributed by atoms with Gasteiger partial charge in [0.25, 0.3) is 0 Å². The predicted octanol–water partition coefficient (Wildman–Crippen LogP) is 4.09. The highest BCUT2D eigenvalue weighted by molar-refractivity contribution is 5.99. The average Bonchev–Trinajstić information content (AvgIpc) is 3.13. The van der Waals surface area contributed by atoms with Gasteiger partial charge in [0.1, 0.15) is 18.0 Å². The molecule has 0 bridgehead atoms. The lowest BCUT2D eigenvalue weighted by atomic mass is 9.94. The van der Waals surface area contributed by atoms with Gasteiger partial charge < -0.3 is 10.6 Å². The SMILES string of the molecule is Cc1c(F)ccc2c1NCC2c1ncnc2cnc(NC(=O)C=CC(F)(F)F)cc12. The van der Waals surface area contributed by atoms with Crippen LogP contribution in [0.15, 0.2) is 42.9 Å². The van der Waals surface area contributed by atoms with E-state index >= 15 is 0 Å². The smallest absolute Gasteiger partial charge is 0.383 e. The number of pyridine rings is 1. The number of amides is 1. The molecule has 2 N–H and O–H groups in total. The molecule has 30 heavy (non-hydrogen) atoms. The number of benzene rings is 1. The van der Waals surface area contributed by atoms with Crippen LogP contribution in [0.25, 0.3) is 10.9 Å². The van der Waals surface area contributed by atoms with Crippen LogP contribution in [0.3, 0.4) is 0 Å². The van der Waals surface area contributed by atoms with Gasteiger partial charge in [-0.05, 0) is 24.6 Å². The number of anilines is 2. The van der Waals surface area contributed by atoms with Crippen molar-refractivity contribution in [1.82, 2.24) is 15.0 Å². The quantitative estimate of drug-likeness (QED) is 0.496. The van der Waals surface area contributed by atoms with E-state index < -0.39 is 12.1 Å². The third kappa shape index (κ3) is 3.80. The van der Waals surface area contributed by atoms with E-state index in [1.54, 1.807) is 13.0 Å². The molecule has 1 aromatic carbocycles. The second-order valence-corrected chi connectivity index (χ2v) is 6.78. The van der Waals surface area contributed by atoms with Crippen LogP contribution < -0.4 is 10.6 Å². The van der Waals surface area contributed by atoms with E-state index in [0.717, 1.165) is 5.56 Å². The Morgan fingerprint density at radius 3 is 2.83 bits per heavy atom. The van der Waals surface area contributed by atoms with Crippen molar-refractivity contribution in [2.45, 2.75) is 19.0 Å². The minimum absolute atomic E-state index is 0.0665. The minimum Gasteiger partial charge on any atom is -0.383 e. The molecule has 3 heterocycles. The summed E-state index contributed by atoms with van der Waals surface area (Å²) in [6.07, 6.45) is -1.56. The number of hydrogen-bond donors (Lipinski definition) is 2. The van der Waals surface area contributed by atoms with Crippen molar-refractivity contribution in [2.24, 2.45) is 0 Å². The first-order valence-corrected chi connectivity index (χ1v) is 8.93. The predicted molar refractivity (Wildman–Crippen MR) is 103 cm³/mol. The molecule has 1 aliphatic heterocycles. The molecule has 10 heteroatoms. The molecule has 0 saturated carbocycles. The Labute approximate surface area is 168 Å². The Hall–Kier alpha value is -3.56. The summed E-state index contributed by atoms with van der Waals surface area (Å²) in [6.45, 7) is 2.18. The molecular weight excluding hydrogens is 402 g/mol. The molecular formula is C20H15F4N5O. The number of allylic oxidation sites excluding steroid dienone is 1. The number of carbonyl (C=O) groups excluding carboxylic acids is 1. The van der Waals surface area contributed by atoms with Gasteiger partial charge in [-0.3, -0.25) is 4.79 Å². The highest BCUT2D eigenvalue weighted by atomic mass is 19.4. The van der Waals surface area contributed by atoms with Gasteiger partial charge >= 0.3 is 6.18 Å². The number of hydrogen-bond acceptors (Lipinski definition) is 5. The largest absolute Gasteiger partial charge is 0.409 e. The Balaban J connectivity index is 1.70. The fraction of sp³-hybridized carbons (Fsp3) is 0.200. The summed E-state index contributed by atoms with van der Waals surface area (Å²) in [6, 6.07) is 4.61. The van der Waals surface area contributed by atoms with E-state index in [-0.39, 0.29) is 23.6 Å². The summed E-state index contributed by atoms with van der Waals surface area (Å²) in [5.74, 6) is -1.40. The molecule has 1 aliphatic rings. The topological polar surface area (TPSA) is 79.8 Å². The van der Waals surface area contributed by atoms with Crippen molar-refractivity contribution < 1.29 is 22.4 Å². The fourth-order valence-electron chi connectivity index (χ4n) is 3.45. The Morgan fingerprint density at radius 2 is 2.07 bits per heavy atom. The molecule has 6 nitrogen and oxygen atoms in total. The molecule has 1 unspecified atom stereocenters. The van der Waals surface area contributed by atoms with Crippen LogP contribution in [-0.4, -0.2) is 33.6 Å². The van der Waals surface area contributed by atoms with Gasteiger partial charge in [0.15, 0.2) is 0 Å². The minimum atomic E-state index is -4.59. The molecule has 0 spiro atoms. The summed E-state index contributed by atoms with van der Waals surface area (Å²) in [5.41, 5.74) is 3.26. The summed E-state index contributed by atoms with van der Waals surface area (Å²) >= 11 is 0. The molecule has 1 amide bonds. The number of fused-ring (bicyclic) bond motifs is 2. The zero-order valence-electron chi connectivity index (χ0n) is 15.6. The normalized spacial score (nSPS) is 16.0. The van der Waals surface area contributed by atoms with Gasteiger partial charge in [0.2, 0.25) is 5.91 Å². The molecule has 1 atom stereocenters. The number of aromatic nitrogens is 3. The van der Waals surface area contributed by atoms with E-state index in [1.807, 2.05) is 0 Å². The summed E-state index contributed by atoms with van der Waals surface area (Å²) in [5, 5.41) is 6.09. The number of alkyl halides is 3. The Morgan fingerprint density at radius 1 is 1.27 bits per heavy atom. The van der Waals surface area contributed by atoms with Crippen LogP contribution in [0.5, 0.6) is 0 Å². The van der Waals surface area contributed by atoms with Crippen molar-refractivity contribution in [3.63, 3.8) is 0 Å². The van der Waals surface area contributed by atoms with Crippen molar-refractivity contribution in [3.8, 4) is 0 Å². The first-order valence-electron chi connectivity index (χ1n) is 8.93. The molecule has 154 valence electrons. The van der Waals surface area contributed by atoms with E-state index in [4.69, 9.17) is 0 Å². The molecule has 0 fully saturated rings. The number of rotatable bonds is 3. The standard InChI is InChI=1S/C20H15F4N5O/c1-10-14(21)3-2-11-13(7-26-18(10)11)19-12-6-16(25-8-15(12)27-9-28-19)29-17(30)4-5-20(22,23)24/h2-6,8-9,13,26H,7H2,1H3,(H,25,29,30). The third-order valence-corrected chi connectivity index (χ3v) is 4.85. The first kappa shape index (κ1) is 19.7. The number of carbonyl (C=O) groups is 1. The van der Waals surface area contributed by atoms with Gasteiger partial charge in [-0.15, -0.1) is 0 Å². The summed E-state index contributed by atoms with van der Waals surface area (Å²) in [7, 11) is 0. The lowest BCUT2D eigenvalue weighted by Gasteiger charge is -2.13. The number of halogens is 4.